The van der Waals surface area contributed by atoms with Crippen LogP contribution in [0.1, 0.15) is 23.5 Å². The summed E-state index contributed by atoms with van der Waals surface area (Å²) in [6.45, 7) is 4.94. The molecular weight excluding hydrogens is 470 g/mol. The zero-order chi connectivity index (χ0) is 24.7. The number of methoxy groups -OCH3 is 1. The lowest BCUT2D eigenvalue weighted by Crippen LogP contribution is -2.40. The highest BCUT2D eigenvalue weighted by atomic mass is 32.1. The van der Waals surface area contributed by atoms with Gasteiger partial charge in [-0.15, -0.1) is 0 Å². The Morgan fingerprint density at radius 3 is 2.33 bits per heavy atom. The molecule has 0 atom stereocenters. The van der Waals surface area contributed by atoms with E-state index in [1.165, 1.54) is 11.3 Å². The van der Waals surface area contributed by atoms with Crippen molar-refractivity contribution in [2.24, 2.45) is 0 Å². The van der Waals surface area contributed by atoms with Gasteiger partial charge in [0.1, 0.15) is 5.75 Å². The second kappa shape index (κ2) is 11.6. The highest BCUT2D eigenvalue weighted by Crippen LogP contribution is 2.35. The lowest BCUT2D eigenvalue weighted by molar-refractivity contribution is -0.119. The van der Waals surface area contributed by atoms with Crippen molar-refractivity contribution in [3.05, 3.63) is 90.0 Å². The fraction of sp³-hybridized carbons (Fsp3) is 0.310. The maximum absolute atomic E-state index is 14.4. The Hall–Kier alpha value is -3.26. The molecule has 0 radical (unpaired) electrons. The first-order chi connectivity index (χ1) is 17.7. The normalized spacial score (nSPS) is 14.3. The number of benzene rings is 3. The van der Waals surface area contributed by atoms with Crippen LogP contribution < -0.4 is 9.64 Å². The maximum atomic E-state index is 14.4. The van der Waals surface area contributed by atoms with E-state index < -0.39 is 5.92 Å². The highest BCUT2D eigenvalue weighted by Gasteiger charge is 2.30. The van der Waals surface area contributed by atoms with E-state index in [1.807, 2.05) is 83.8 Å². The number of fused-ring (bicyclic) bond motifs is 1. The summed E-state index contributed by atoms with van der Waals surface area (Å²) in [5.41, 5.74) is 2.84. The summed E-state index contributed by atoms with van der Waals surface area (Å²) in [6.07, 6.45) is 0.862. The van der Waals surface area contributed by atoms with Gasteiger partial charge in [0.05, 0.1) is 36.5 Å². The number of amides is 1. The van der Waals surface area contributed by atoms with Crippen LogP contribution in [0.3, 0.4) is 0 Å². The molecule has 0 unspecified atom stereocenters. The van der Waals surface area contributed by atoms with Gasteiger partial charge < -0.3 is 9.47 Å². The third-order valence-electron chi connectivity index (χ3n) is 6.55. The number of aromatic nitrogens is 1. The number of carbonyl (C=O) groups excluding carboxylic acids is 1. The van der Waals surface area contributed by atoms with Crippen molar-refractivity contribution in [1.29, 1.82) is 0 Å². The van der Waals surface area contributed by atoms with Gasteiger partial charge in [-0.25, -0.2) is 4.98 Å². The zero-order valence-corrected chi connectivity index (χ0v) is 21.3. The summed E-state index contributed by atoms with van der Waals surface area (Å²) in [5, 5.41) is 0.724. The highest BCUT2D eigenvalue weighted by molar-refractivity contribution is 7.22. The van der Waals surface area contributed by atoms with E-state index in [-0.39, 0.29) is 5.91 Å². The van der Waals surface area contributed by atoms with E-state index in [4.69, 9.17) is 14.5 Å². The summed E-state index contributed by atoms with van der Waals surface area (Å²) in [5.74, 6) is 0.423. The van der Waals surface area contributed by atoms with Gasteiger partial charge in [-0.3, -0.25) is 14.6 Å². The second-order valence-electron chi connectivity index (χ2n) is 8.88. The molecule has 7 heteroatoms. The van der Waals surface area contributed by atoms with Gasteiger partial charge in [0.15, 0.2) is 5.13 Å². The van der Waals surface area contributed by atoms with Crippen LogP contribution in [0, 0.1) is 0 Å². The fourth-order valence-corrected chi connectivity index (χ4v) is 5.66. The number of hydrogen-bond donors (Lipinski definition) is 0. The second-order valence-corrected chi connectivity index (χ2v) is 9.89. The number of ether oxygens (including phenoxy) is 2. The van der Waals surface area contributed by atoms with E-state index in [0.29, 0.717) is 6.54 Å². The summed E-state index contributed by atoms with van der Waals surface area (Å²) in [4.78, 5) is 23.5. The molecule has 5 rings (SSSR count). The minimum absolute atomic E-state index is 0.0420. The van der Waals surface area contributed by atoms with Gasteiger partial charge in [-0.1, -0.05) is 72.0 Å². The average molecular weight is 502 g/mol. The van der Waals surface area contributed by atoms with Gasteiger partial charge in [0.2, 0.25) is 5.91 Å². The standard InChI is InChI=1S/C29H31N3O3S/c1-34-24-13-14-25-26(21-24)36-29(30-25)32(16-8-15-31-17-19-35-20-18-31)28(33)27(22-9-4-2-5-10-22)23-11-6-3-7-12-23/h2-7,9-14,21,27H,8,15-20H2,1H3. The van der Waals surface area contributed by atoms with Crippen LogP contribution in [-0.2, 0) is 9.53 Å². The number of morpholine rings is 1. The third-order valence-corrected chi connectivity index (χ3v) is 7.59. The monoisotopic (exact) mass is 501 g/mol. The number of carbonyl (C=O) groups is 1. The first-order valence-electron chi connectivity index (χ1n) is 12.4. The zero-order valence-electron chi connectivity index (χ0n) is 20.5. The van der Waals surface area contributed by atoms with Crippen LogP contribution in [0.2, 0.25) is 0 Å². The topological polar surface area (TPSA) is 54.9 Å². The molecule has 4 aromatic rings. The van der Waals surface area contributed by atoms with Crippen molar-refractivity contribution in [3.8, 4) is 5.75 Å². The molecule has 3 aromatic carbocycles. The van der Waals surface area contributed by atoms with Crippen molar-refractivity contribution in [1.82, 2.24) is 9.88 Å². The molecule has 1 amide bonds. The Labute approximate surface area is 216 Å². The van der Waals surface area contributed by atoms with Gasteiger partial charge in [0, 0.05) is 26.2 Å². The summed E-state index contributed by atoms with van der Waals surface area (Å²) in [6, 6.07) is 25.9. The Balaban J connectivity index is 1.48. The molecule has 0 spiro atoms. The van der Waals surface area contributed by atoms with Crippen molar-refractivity contribution >= 4 is 32.6 Å². The van der Waals surface area contributed by atoms with Crippen LogP contribution in [0.5, 0.6) is 5.75 Å². The SMILES string of the molecule is COc1ccc2nc(N(CCCN3CCOCC3)C(=O)C(c3ccccc3)c3ccccc3)sc2c1. The molecule has 0 saturated carbocycles. The molecule has 36 heavy (non-hydrogen) atoms. The van der Waals surface area contributed by atoms with Crippen molar-refractivity contribution in [3.63, 3.8) is 0 Å². The molecule has 1 saturated heterocycles. The minimum Gasteiger partial charge on any atom is -0.497 e. The largest absolute Gasteiger partial charge is 0.497 e. The van der Waals surface area contributed by atoms with Gasteiger partial charge in [-0.05, 0) is 35.7 Å². The summed E-state index contributed by atoms with van der Waals surface area (Å²) >= 11 is 1.54. The predicted octanol–water partition coefficient (Wildman–Crippen LogP) is 5.19. The first kappa shape index (κ1) is 24.4. The lowest BCUT2D eigenvalue weighted by atomic mass is 9.90. The fourth-order valence-electron chi connectivity index (χ4n) is 4.64. The van der Waals surface area contributed by atoms with Crippen LogP contribution >= 0.6 is 11.3 Å². The van der Waals surface area contributed by atoms with Crippen molar-refractivity contribution in [2.45, 2.75) is 12.3 Å². The predicted molar refractivity (Wildman–Crippen MR) is 145 cm³/mol. The van der Waals surface area contributed by atoms with Crippen LogP contribution in [0.15, 0.2) is 78.9 Å². The van der Waals surface area contributed by atoms with Crippen molar-refractivity contribution < 1.29 is 14.3 Å². The molecule has 186 valence electrons. The number of hydrogen-bond acceptors (Lipinski definition) is 6. The molecule has 1 fully saturated rings. The molecule has 1 aromatic heterocycles. The molecule has 1 aliphatic heterocycles. The molecule has 6 nitrogen and oxygen atoms in total. The van der Waals surface area contributed by atoms with E-state index in [1.54, 1.807) is 7.11 Å². The number of rotatable bonds is 9. The van der Waals surface area contributed by atoms with Crippen LogP contribution in [-0.4, -0.2) is 62.3 Å². The molecular formula is C29H31N3O3S. The molecule has 1 aliphatic rings. The van der Waals surface area contributed by atoms with E-state index in [9.17, 15) is 4.79 Å². The molecule has 0 bridgehead atoms. The smallest absolute Gasteiger partial charge is 0.240 e. The summed E-state index contributed by atoms with van der Waals surface area (Å²) < 4.78 is 11.9. The molecule has 2 heterocycles. The Kier molecular flexibility index (Phi) is 7.91. The van der Waals surface area contributed by atoms with Gasteiger partial charge in [-0.2, -0.15) is 0 Å². The Morgan fingerprint density at radius 1 is 1.03 bits per heavy atom. The summed E-state index contributed by atoms with van der Waals surface area (Å²) in [7, 11) is 1.66. The maximum Gasteiger partial charge on any atom is 0.240 e. The van der Waals surface area contributed by atoms with Gasteiger partial charge >= 0.3 is 0 Å². The quantitative estimate of drug-likeness (QED) is 0.316. The van der Waals surface area contributed by atoms with Crippen LogP contribution in [0.4, 0.5) is 5.13 Å². The number of nitrogens with zero attached hydrogens (tertiary/aromatic N) is 3. The lowest BCUT2D eigenvalue weighted by Gasteiger charge is -2.29. The van der Waals surface area contributed by atoms with E-state index >= 15 is 0 Å². The first-order valence-corrected chi connectivity index (χ1v) is 13.2. The molecule has 0 aliphatic carbocycles. The van der Waals surface area contributed by atoms with E-state index in [2.05, 4.69) is 4.90 Å². The van der Waals surface area contributed by atoms with Gasteiger partial charge in [0.25, 0.3) is 0 Å². The number of thiazole rings is 1. The average Bonchev–Trinajstić information content (AvgIpc) is 3.36. The molecule has 0 N–H and O–H groups in total. The number of anilines is 1. The van der Waals surface area contributed by atoms with Crippen LogP contribution in [0.25, 0.3) is 10.2 Å². The Bertz CT molecular complexity index is 1230. The van der Waals surface area contributed by atoms with E-state index in [0.717, 1.165) is 71.5 Å². The Morgan fingerprint density at radius 2 is 1.69 bits per heavy atom. The third kappa shape index (κ3) is 5.59. The van der Waals surface area contributed by atoms with Crippen molar-refractivity contribution in [2.75, 3.05) is 51.4 Å². The minimum atomic E-state index is -0.405.